The maximum atomic E-state index is 11.5. The van der Waals surface area contributed by atoms with Crippen LogP contribution in [-0.4, -0.2) is 52.7 Å². The average Bonchev–Trinajstić information content (AvgIpc) is 2.51. The number of aliphatic hydroxyl groups is 2. The van der Waals surface area contributed by atoms with Crippen molar-refractivity contribution in [1.82, 2.24) is 5.32 Å². The minimum atomic E-state index is -1.42. The first kappa shape index (κ1) is 20.7. The molecule has 1 aromatic rings. The SMILES string of the molecule is COc1ccc(C(O)C(O)CCNC(=O)OC(C)(C)C)c(C(=O)O)c1. The number of rotatable bonds is 7. The summed E-state index contributed by atoms with van der Waals surface area (Å²) < 4.78 is 10.0. The van der Waals surface area contributed by atoms with Crippen LogP contribution in [0.25, 0.3) is 0 Å². The molecule has 2 atom stereocenters. The second-order valence-electron chi connectivity index (χ2n) is 6.49. The van der Waals surface area contributed by atoms with Crippen LogP contribution in [0.5, 0.6) is 5.75 Å². The van der Waals surface area contributed by atoms with Gasteiger partial charge in [0.2, 0.25) is 0 Å². The molecule has 1 rings (SSSR count). The summed E-state index contributed by atoms with van der Waals surface area (Å²) in [5, 5.41) is 32.0. The van der Waals surface area contributed by atoms with Crippen molar-refractivity contribution in [1.29, 1.82) is 0 Å². The number of carbonyl (C=O) groups excluding carboxylic acids is 1. The quantitative estimate of drug-likeness (QED) is 0.586. The van der Waals surface area contributed by atoms with Gasteiger partial charge in [0.1, 0.15) is 17.5 Å². The first-order valence-corrected chi connectivity index (χ1v) is 7.79. The summed E-state index contributed by atoms with van der Waals surface area (Å²) in [6.45, 7) is 5.23. The van der Waals surface area contributed by atoms with Gasteiger partial charge in [-0.1, -0.05) is 6.07 Å². The highest BCUT2D eigenvalue weighted by Crippen LogP contribution is 2.26. The van der Waals surface area contributed by atoms with Crippen molar-refractivity contribution in [2.75, 3.05) is 13.7 Å². The van der Waals surface area contributed by atoms with Crippen molar-refractivity contribution in [3.63, 3.8) is 0 Å². The molecule has 0 heterocycles. The monoisotopic (exact) mass is 355 g/mol. The number of benzene rings is 1. The smallest absolute Gasteiger partial charge is 0.407 e. The fourth-order valence-corrected chi connectivity index (χ4v) is 2.11. The van der Waals surface area contributed by atoms with E-state index in [0.29, 0.717) is 5.75 Å². The number of aromatic carboxylic acids is 1. The molecule has 25 heavy (non-hydrogen) atoms. The molecule has 0 aliphatic heterocycles. The molecule has 0 fully saturated rings. The molecular weight excluding hydrogens is 330 g/mol. The summed E-state index contributed by atoms with van der Waals surface area (Å²) in [6.07, 6.45) is -3.30. The van der Waals surface area contributed by atoms with E-state index in [1.165, 1.54) is 25.3 Å². The standard InChI is InChI=1S/C17H25NO7/c1-17(2,3)25-16(23)18-8-7-13(19)14(20)11-6-5-10(24-4)9-12(11)15(21)22/h5-6,9,13-14,19-20H,7-8H2,1-4H3,(H,18,23)(H,21,22). The van der Waals surface area contributed by atoms with Crippen molar-refractivity contribution >= 4 is 12.1 Å². The van der Waals surface area contributed by atoms with E-state index in [-0.39, 0.29) is 24.1 Å². The zero-order chi connectivity index (χ0) is 19.2. The van der Waals surface area contributed by atoms with Gasteiger partial charge in [-0.25, -0.2) is 9.59 Å². The van der Waals surface area contributed by atoms with Crippen LogP contribution in [0.2, 0.25) is 0 Å². The zero-order valence-corrected chi connectivity index (χ0v) is 14.8. The molecule has 0 saturated heterocycles. The maximum absolute atomic E-state index is 11.5. The number of hydrogen-bond donors (Lipinski definition) is 4. The number of alkyl carbamates (subject to hydrolysis) is 1. The lowest BCUT2D eigenvalue weighted by molar-refractivity contribution is 0.0115. The number of amides is 1. The number of hydrogen-bond acceptors (Lipinski definition) is 6. The van der Waals surface area contributed by atoms with Crippen molar-refractivity contribution in [3.05, 3.63) is 29.3 Å². The Kier molecular flexibility index (Phi) is 7.20. The molecule has 0 saturated carbocycles. The summed E-state index contributed by atoms with van der Waals surface area (Å²) in [6, 6.07) is 4.15. The normalized spacial score (nSPS) is 13.7. The molecule has 140 valence electrons. The number of aliphatic hydroxyl groups excluding tert-OH is 2. The molecular formula is C17H25NO7. The fourth-order valence-electron chi connectivity index (χ4n) is 2.11. The van der Waals surface area contributed by atoms with Gasteiger partial charge in [0.25, 0.3) is 0 Å². The van der Waals surface area contributed by atoms with Crippen LogP contribution in [0.15, 0.2) is 18.2 Å². The number of ether oxygens (including phenoxy) is 2. The molecule has 0 aliphatic carbocycles. The Bertz CT molecular complexity index is 610. The van der Waals surface area contributed by atoms with Gasteiger partial charge >= 0.3 is 12.1 Å². The van der Waals surface area contributed by atoms with Crippen LogP contribution >= 0.6 is 0 Å². The number of carboxylic acids is 1. The third-order valence-electron chi connectivity index (χ3n) is 3.28. The van der Waals surface area contributed by atoms with E-state index in [1.54, 1.807) is 20.8 Å². The Morgan fingerprint density at radius 2 is 1.88 bits per heavy atom. The molecule has 0 radical (unpaired) electrons. The second-order valence-corrected chi connectivity index (χ2v) is 6.49. The minimum absolute atomic E-state index is 0.0193. The van der Waals surface area contributed by atoms with Crippen molar-refractivity contribution in [2.24, 2.45) is 0 Å². The van der Waals surface area contributed by atoms with E-state index in [2.05, 4.69) is 5.32 Å². The van der Waals surface area contributed by atoms with Gasteiger partial charge in [-0.05, 0) is 44.9 Å². The molecule has 8 heteroatoms. The minimum Gasteiger partial charge on any atom is -0.497 e. The van der Waals surface area contributed by atoms with Crippen LogP contribution in [0.1, 0.15) is 49.2 Å². The first-order valence-electron chi connectivity index (χ1n) is 7.79. The number of carboxylic acid groups (broad SMARTS) is 1. The average molecular weight is 355 g/mol. The van der Waals surface area contributed by atoms with Gasteiger partial charge in [0.05, 0.1) is 18.8 Å². The Morgan fingerprint density at radius 1 is 1.24 bits per heavy atom. The third-order valence-corrected chi connectivity index (χ3v) is 3.28. The summed E-state index contributed by atoms with van der Waals surface area (Å²) in [5.41, 5.74) is -0.731. The summed E-state index contributed by atoms with van der Waals surface area (Å²) in [4.78, 5) is 22.9. The molecule has 0 aromatic heterocycles. The predicted octanol–water partition coefficient (Wildman–Crippen LogP) is 1.70. The maximum Gasteiger partial charge on any atom is 0.407 e. The van der Waals surface area contributed by atoms with E-state index in [1.807, 2.05) is 0 Å². The highest BCUT2D eigenvalue weighted by Gasteiger charge is 2.24. The lowest BCUT2D eigenvalue weighted by Crippen LogP contribution is -2.34. The van der Waals surface area contributed by atoms with Crippen LogP contribution in [-0.2, 0) is 4.74 Å². The van der Waals surface area contributed by atoms with E-state index < -0.39 is 29.9 Å². The Morgan fingerprint density at radius 3 is 2.40 bits per heavy atom. The Labute approximate surface area is 146 Å². The van der Waals surface area contributed by atoms with Crippen LogP contribution in [0, 0.1) is 0 Å². The number of methoxy groups -OCH3 is 1. The predicted molar refractivity (Wildman–Crippen MR) is 89.8 cm³/mol. The van der Waals surface area contributed by atoms with Crippen LogP contribution in [0.4, 0.5) is 4.79 Å². The Balaban J connectivity index is 2.69. The van der Waals surface area contributed by atoms with Crippen LogP contribution < -0.4 is 10.1 Å². The largest absolute Gasteiger partial charge is 0.497 e. The van der Waals surface area contributed by atoms with Crippen molar-refractivity contribution < 1.29 is 34.4 Å². The second kappa shape index (κ2) is 8.68. The molecule has 0 spiro atoms. The first-order chi connectivity index (χ1) is 11.5. The fraction of sp³-hybridized carbons (Fsp3) is 0.529. The molecule has 0 aliphatic rings. The van der Waals surface area contributed by atoms with Gasteiger partial charge in [0, 0.05) is 6.54 Å². The lowest BCUT2D eigenvalue weighted by atomic mass is 9.96. The third kappa shape index (κ3) is 6.60. The van der Waals surface area contributed by atoms with E-state index in [9.17, 15) is 24.9 Å². The van der Waals surface area contributed by atoms with Gasteiger partial charge in [0.15, 0.2) is 0 Å². The van der Waals surface area contributed by atoms with Gasteiger partial charge < -0.3 is 30.1 Å². The van der Waals surface area contributed by atoms with Crippen LogP contribution in [0.3, 0.4) is 0 Å². The van der Waals surface area contributed by atoms with Crippen molar-refractivity contribution in [2.45, 2.75) is 45.0 Å². The number of carbonyl (C=O) groups is 2. The Hall–Kier alpha value is -2.32. The topological polar surface area (TPSA) is 125 Å². The van der Waals surface area contributed by atoms with Crippen molar-refractivity contribution in [3.8, 4) is 5.75 Å². The van der Waals surface area contributed by atoms with E-state index in [0.717, 1.165) is 0 Å². The molecule has 1 aromatic carbocycles. The van der Waals surface area contributed by atoms with E-state index >= 15 is 0 Å². The highest BCUT2D eigenvalue weighted by molar-refractivity contribution is 5.90. The summed E-state index contributed by atoms with van der Waals surface area (Å²) in [7, 11) is 1.40. The molecule has 2 unspecified atom stereocenters. The van der Waals surface area contributed by atoms with Gasteiger partial charge in [-0.2, -0.15) is 0 Å². The zero-order valence-electron chi connectivity index (χ0n) is 14.8. The molecule has 8 nitrogen and oxygen atoms in total. The number of nitrogens with one attached hydrogen (secondary N) is 1. The summed E-state index contributed by atoms with van der Waals surface area (Å²) in [5.74, 6) is -0.915. The highest BCUT2D eigenvalue weighted by atomic mass is 16.6. The lowest BCUT2D eigenvalue weighted by Gasteiger charge is -2.22. The molecule has 1 amide bonds. The van der Waals surface area contributed by atoms with E-state index in [4.69, 9.17) is 9.47 Å². The molecule has 4 N–H and O–H groups in total. The van der Waals surface area contributed by atoms with Gasteiger partial charge in [-0.15, -0.1) is 0 Å². The molecule has 0 bridgehead atoms. The summed E-state index contributed by atoms with van der Waals surface area (Å²) >= 11 is 0. The van der Waals surface area contributed by atoms with Gasteiger partial charge in [-0.3, -0.25) is 0 Å².